The van der Waals surface area contributed by atoms with Gasteiger partial charge in [-0.05, 0) is 60.5 Å². The summed E-state index contributed by atoms with van der Waals surface area (Å²) in [4.78, 5) is 18.1. The van der Waals surface area contributed by atoms with Gasteiger partial charge in [-0.1, -0.05) is 29.8 Å². The van der Waals surface area contributed by atoms with E-state index in [2.05, 4.69) is 16.7 Å². The number of phenolic OH excluding ortho intramolecular Hbond substituents is 1. The number of hydrogen-bond acceptors (Lipinski definition) is 6. The summed E-state index contributed by atoms with van der Waals surface area (Å²) in [6.07, 6.45) is 3.63. The van der Waals surface area contributed by atoms with E-state index in [0.29, 0.717) is 50.6 Å². The van der Waals surface area contributed by atoms with E-state index < -0.39 is 0 Å². The van der Waals surface area contributed by atoms with Crippen LogP contribution in [0.15, 0.2) is 87.6 Å². The lowest BCUT2D eigenvalue weighted by Gasteiger charge is -2.10. The first-order chi connectivity index (χ1) is 17.0. The van der Waals surface area contributed by atoms with Crippen LogP contribution in [0.1, 0.15) is 11.1 Å². The molecule has 5 aromatic rings. The van der Waals surface area contributed by atoms with Crippen molar-refractivity contribution in [3.05, 3.63) is 99.8 Å². The summed E-state index contributed by atoms with van der Waals surface area (Å²) < 4.78 is 12.5. The predicted molar refractivity (Wildman–Crippen MR) is 138 cm³/mol. The van der Waals surface area contributed by atoms with Gasteiger partial charge in [0.15, 0.2) is 17.3 Å². The smallest absolute Gasteiger partial charge is 0.282 e. The van der Waals surface area contributed by atoms with Crippen molar-refractivity contribution in [2.75, 3.05) is 7.11 Å². The summed E-state index contributed by atoms with van der Waals surface area (Å²) in [6, 6.07) is 17.5. The van der Waals surface area contributed by atoms with Crippen LogP contribution in [0.4, 0.5) is 0 Å². The molecule has 0 bridgehead atoms. The number of hydrogen-bond donors (Lipinski definition) is 1. The zero-order chi connectivity index (χ0) is 24.5. The number of methoxy groups -OCH3 is 1. The number of ether oxygens (including phenoxy) is 1. The van der Waals surface area contributed by atoms with Crippen LogP contribution in [-0.4, -0.2) is 28.1 Å². The molecule has 0 fully saturated rings. The zero-order valence-electron chi connectivity index (χ0n) is 18.7. The van der Waals surface area contributed by atoms with Crippen molar-refractivity contribution in [2.45, 2.75) is 6.42 Å². The molecule has 2 aromatic heterocycles. The molecule has 0 aliphatic carbocycles. The maximum Gasteiger partial charge on any atom is 0.282 e. The molecule has 0 unspecified atom stereocenters. The average Bonchev–Trinajstić information content (AvgIpc) is 3.28. The number of phenols is 1. The monoisotopic (exact) mass is 485 g/mol. The van der Waals surface area contributed by atoms with Gasteiger partial charge in [-0.3, -0.25) is 4.79 Å². The highest BCUT2D eigenvalue weighted by Gasteiger charge is 2.17. The van der Waals surface area contributed by atoms with Gasteiger partial charge in [0, 0.05) is 16.0 Å². The lowest BCUT2D eigenvalue weighted by atomic mass is 10.1. The molecule has 2 heterocycles. The fraction of sp³-hybridized carbons (Fsp3) is 0.0741. The molecule has 174 valence electrons. The summed E-state index contributed by atoms with van der Waals surface area (Å²) in [5, 5.41) is 16.6. The normalized spacial score (nSPS) is 11.5. The summed E-state index contributed by atoms with van der Waals surface area (Å²) in [5.41, 5.74) is 2.03. The number of aromatic hydroxyl groups is 1. The summed E-state index contributed by atoms with van der Waals surface area (Å²) in [6.45, 7) is 3.73. The van der Waals surface area contributed by atoms with Gasteiger partial charge in [-0.15, -0.1) is 6.58 Å². The Hall–Kier alpha value is -4.36. The second kappa shape index (κ2) is 9.12. The van der Waals surface area contributed by atoms with E-state index in [9.17, 15) is 9.90 Å². The summed E-state index contributed by atoms with van der Waals surface area (Å²) >= 11 is 6.13. The topological polar surface area (TPSA) is 89.9 Å². The first-order valence-corrected chi connectivity index (χ1v) is 11.1. The Morgan fingerprint density at radius 2 is 2.03 bits per heavy atom. The van der Waals surface area contributed by atoms with Crippen LogP contribution in [0.25, 0.3) is 33.5 Å². The first-order valence-electron chi connectivity index (χ1n) is 10.7. The maximum absolute atomic E-state index is 13.4. The van der Waals surface area contributed by atoms with Crippen molar-refractivity contribution in [2.24, 2.45) is 5.10 Å². The zero-order valence-corrected chi connectivity index (χ0v) is 19.5. The van der Waals surface area contributed by atoms with Crippen LogP contribution >= 0.6 is 11.6 Å². The number of fused-ring (bicyclic) bond motifs is 2. The Bertz CT molecular complexity index is 1680. The highest BCUT2D eigenvalue weighted by molar-refractivity contribution is 6.31. The van der Waals surface area contributed by atoms with E-state index >= 15 is 0 Å². The van der Waals surface area contributed by atoms with Gasteiger partial charge in [0.25, 0.3) is 5.56 Å². The van der Waals surface area contributed by atoms with E-state index in [-0.39, 0.29) is 17.1 Å². The fourth-order valence-electron chi connectivity index (χ4n) is 3.87. The second-order valence-corrected chi connectivity index (χ2v) is 8.27. The van der Waals surface area contributed by atoms with Crippen molar-refractivity contribution >= 4 is 39.7 Å². The predicted octanol–water partition coefficient (Wildman–Crippen LogP) is 5.79. The molecule has 35 heavy (non-hydrogen) atoms. The Morgan fingerprint density at radius 1 is 1.20 bits per heavy atom. The molecule has 3 aromatic carbocycles. The Kier molecular flexibility index (Phi) is 5.84. The van der Waals surface area contributed by atoms with Crippen molar-refractivity contribution < 1.29 is 14.3 Å². The molecular weight excluding hydrogens is 466 g/mol. The molecule has 0 aliphatic rings. The SMILES string of the molecule is C=CCc1cc(C=Nn2c(-c3cc4cc(Cl)ccc4o3)nc3ccccc3c2=O)cc(OC)c1O. The number of halogens is 1. The third-order valence-corrected chi connectivity index (χ3v) is 5.77. The molecule has 0 radical (unpaired) electrons. The average molecular weight is 486 g/mol. The lowest BCUT2D eigenvalue weighted by Crippen LogP contribution is -2.20. The third kappa shape index (κ3) is 4.18. The summed E-state index contributed by atoms with van der Waals surface area (Å²) in [7, 11) is 1.47. The molecular formula is C27H20ClN3O4. The number of rotatable bonds is 6. The lowest BCUT2D eigenvalue weighted by molar-refractivity contribution is 0.371. The highest BCUT2D eigenvalue weighted by Crippen LogP contribution is 2.32. The second-order valence-electron chi connectivity index (χ2n) is 7.83. The van der Waals surface area contributed by atoms with Crippen molar-refractivity contribution in [3.63, 3.8) is 0 Å². The maximum atomic E-state index is 13.4. The molecule has 5 rings (SSSR count). The first kappa shape index (κ1) is 22.4. The molecule has 0 atom stereocenters. The quantitative estimate of drug-likeness (QED) is 0.243. The van der Waals surface area contributed by atoms with Crippen LogP contribution in [0, 0.1) is 0 Å². The van der Waals surface area contributed by atoms with E-state index in [4.69, 9.17) is 20.8 Å². The van der Waals surface area contributed by atoms with Crippen LogP contribution in [0.5, 0.6) is 11.5 Å². The third-order valence-electron chi connectivity index (χ3n) is 5.54. The van der Waals surface area contributed by atoms with Crippen LogP contribution in [0.2, 0.25) is 5.02 Å². The minimum atomic E-state index is -0.350. The van der Waals surface area contributed by atoms with Gasteiger partial charge >= 0.3 is 0 Å². The Labute approximate surface area is 205 Å². The molecule has 1 N–H and O–H groups in total. The number of nitrogens with zero attached hydrogens (tertiary/aromatic N) is 3. The largest absolute Gasteiger partial charge is 0.504 e. The fourth-order valence-corrected chi connectivity index (χ4v) is 4.05. The van der Waals surface area contributed by atoms with Gasteiger partial charge < -0.3 is 14.3 Å². The Morgan fingerprint density at radius 3 is 2.83 bits per heavy atom. The molecule has 8 heteroatoms. The number of allylic oxidation sites excluding steroid dienone is 1. The minimum absolute atomic E-state index is 0.0377. The van der Waals surface area contributed by atoms with E-state index in [1.54, 1.807) is 60.7 Å². The van der Waals surface area contributed by atoms with E-state index in [1.807, 2.05) is 6.07 Å². The molecule has 0 spiro atoms. The molecule has 0 amide bonds. The number of para-hydroxylation sites is 1. The standard InChI is InChI=1S/C27H20ClN3O4/c1-3-6-17-11-16(12-23(34-2)25(17)32)15-29-31-26(30-21-8-5-4-7-20(21)27(31)33)24-14-18-13-19(28)9-10-22(18)35-24/h3-5,7-15,32H,1,6H2,2H3. The van der Waals surface area contributed by atoms with Gasteiger partial charge in [0.05, 0.1) is 24.2 Å². The molecule has 0 saturated heterocycles. The van der Waals surface area contributed by atoms with Crippen molar-refractivity contribution in [3.8, 4) is 23.1 Å². The number of aromatic nitrogens is 2. The molecule has 0 aliphatic heterocycles. The van der Waals surface area contributed by atoms with Crippen molar-refractivity contribution in [1.82, 2.24) is 9.66 Å². The van der Waals surface area contributed by atoms with Gasteiger partial charge in [0.2, 0.25) is 5.82 Å². The Balaban J connectivity index is 1.70. The molecule has 7 nitrogen and oxygen atoms in total. The highest BCUT2D eigenvalue weighted by atomic mass is 35.5. The van der Waals surface area contributed by atoms with E-state index in [1.165, 1.54) is 18.0 Å². The van der Waals surface area contributed by atoms with Gasteiger partial charge in [-0.2, -0.15) is 9.78 Å². The summed E-state index contributed by atoms with van der Waals surface area (Å²) in [5.74, 6) is 0.951. The van der Waals surface area contributed by atoms with Crippen LogP contribution < -0.4 is 10.3 Å². The van der Waals surface area contributed by atoms with Crippen LogP contribution in [0.3, 0.4) is 0 Å². The van der Waals surface area contributed by atoms with Gasteiger partial charge in [-0.25, -0.2) is 4.98 Å². The van der Waals surface area contributed by atoms with Gasteiger partial charge in [0.1, 0.15) is 5.58 Å². The number of benzene rings is 3. The number of furan rings is 1. The molecule has 0 saturated carbocycles. The van der Waals surface area contributed by atoms with E-state index in [0.717, 1.165) is 5.39 Å². The minimum Gasteiger partial charge on any atom is -0.504 e. The van der Waals surface area contributed by atoms with Crippen LogP contribution in [-0.2, 0) is 6.42 Å². The van der Waals surface area contributed by atoms with Crippen molar-refractivity contribution in [1.29, 1.82) is 0 Å².